The van der Waals surface area contributed by atoms with E-state index in [1.165, 1.54) is 27.8 Å². The highest BCUT2D eigenvalue weighted by molar-refractivity contribution is 6.12. The summed E-state index contributed by atoms with van der Waals surface area (Å²) in [6.45, 7) is 2.18. The Bertz CT molecular complexity index is 898. The number of aliphatic imine (C=N–C) groups is 1. The first kappa shape index (κ1) is 12.4. The SMILES string of the molecule is Cc1ccc2c3c(oc2c1C1=[N+](C)C=CCC1)C1CC1N=C3. The fraction of sp³-hybridized carbons (Fsp3) is 0.368. The Balaban J connectivity index is 1.83. The zero-order valence-electron chi connectivity index (χ0n) is 13.0. The first-order valence-corrected chi connectivity index (χ1v) is 8.09. The maximum Gasteiger partial charge on any atom is 0.192 e. The van der Waals surface area contributed by atoms with Crippen molar-refractivity contribution >= 4 is 22.9 Å². The minimum Gasteiger partial charge on any atom is -0.459 e. The summed E-state index contributed by atoms with van der Waals surface area (Å²) >= 11 is 0. The van der Waals surface area contributed by atoms with Crippen LogP contribution < -0.4 is 0 Å². The van der Waals surface area contributed by atoms with E-state index >= 15 is 0 Å². The van der Waals surface area contributed by atoms with E-state index < -0.39 is 0 Å². The van der Waals surface area contributed by atoms with Crippen LogP contribution in [0.25, 0.3) is 11.0 Å². The molecule has 0 amide bonds. The molecule has 3 heteroatoms. The smallest absolute Gasteiger partial charge is 0.192 e. The Kier molecular flexibility index (Phi) is 2.36. The normalized spacial score (nSPS) is 25.5. The van der Waals surface area contributed by atoms with Crippen LogP contribution in [0.1, 0.15) is 47.6 Å². The third-order valence-electron chi connectivity index (χ3n) is 5.21. The molecule has 2 aromatic rings. The Labute approximate surface area is 129 Å². The summed E-state index contributed by atoms with van der Waals surface area (Å²) in [6, 6.07) is 4.90. The molecule has 0 radical (unpaired) electrons. The predicted molar refractivity (Wildman–Crippen MR) is 88.4 cm³/mol. The van der Waals surface area contributed by atoms with Gasteiger partial charge in [-0.05, 0) is 31.4 Å². The van der Waals surface area contributed by atoms with E-state index in [0.29, 0.717) is 12.0 Å². The zero-order valence-corrected chi connectivity index (χ0v) is 13.0. The fourth-order valence-corrected chi connectivity index (χ4v) is 3.88. The van der Waals surface area contributed by atoms with E-state index in [0.717, 1.165) is 30.6 Å². The van der Waals surface area contributed by atoms with Crippen LogP contribution in [0.5, 0.6) is 0 Å². The quantitative estimate of drug-likeness (QED) is 0.735. The average Bonchev–Trinajstić information content (AvgIpc) is 3.22. The molecule has 1 aliphatic carbocycles. The molecule has 0 bridgehead atoms. The lowest BCUT2D eigenvalue weighted by Crippen LogP contribution is -2.18. The van der Waals surface area contributed by atoms with Crippen molar-refractivity contribution in [2.75, 3.05) is 7.05 Å². The standard InChI is InChI=1S/C19H19N2O/c1-11-6-7-12-14-10-20-15-9-13(15)18(14)22-19(12)17(11)16-5-3-4-8-21(16)2/h4,6-8,10,13,15H,3,5,9H2,1-2H3/q+1. The van der Waals surface area contributed by atoms with Crippen LogP contribution in [0.2, 0.25) is 0 Å². The molecule has 0 N–H and O–H groups in total. The fourth-order valence-electron chi connectivity index (χ4n) is 3.88. The van der Waals surface area contributed by atoms with Gasteiger partial charge in [0.05, 0.1) is 11.6 Å². The molecule has 5 rings (SSSR count). The Morgan fingerprint density at radius 3 is 3.09 bits per heavy atom. The lowest BCUT2D eigenvalue weighted by molar-refractivity contribution is -0.424. The molecule has 0 spiro atoms. The predicted octanol–water partition coefficient (Wildman–Crippen LogP) is 3.77. The monoisotopic (exact) mass is 291 g/mol. The maximum absolute atomic E-state index is 6.40. The van der Waals surface area contributed by atoms with Gasteiger partial charge in [0.1, 0.15) is 18.4 Å². The summed E-state index contributed by atoms with van der Waals surface area (Å²) < 4.78 is 8.63. The molecule has 1 fully saturated rings. The Morgan fingerprint density at radius 2 is 2.23 bits per heavy atom. The van der Waals surface area contributed by atoms with Crippen molar-refractivity contribution in [3.63, 3.8) is 0 Å². The molecule has 22 heavy (non-hydrogen) atoms. The van der Waals surface area contributed by atoms with Crippen LogP contribution >= 0.6 is 0 Å². The van der Waals surface area contributed by atoms with E-state index in [1.807, 2.05) is 6.21 Å². The van der Waals surface area contributed by atoms with Gasteiger partial charge in [0.15, 0.2) is 11.9 Å². The van der Waals surface area contributed by atoms with E-state index in [-0.39, 0.29) is 0 Å². The van der Waals surface area contributed by atoms with Crippen molar-refractivity contribution in [2.24, 2.45) is 4.99 Å². The van der Waals surface area contributed by atoms with Crippen molar-refractivity contribution in [2.45, 2.75) is 38.1 Å². The van der Waals surface area contributed by atoms with Crippen LogP contribution in [0.4, 0.5) is 0 Å². The number of allylic oxidation sites excluding steroid dienone is 1. The molecule has 2 aliphatic heterocycles. The van der Waals surface area contributed by atoms with Gasteiger partial charge in [-0.25, -0.2) is 4.58 Å². The van der Waals surface area contributed by atoms with Gasteiger partial charge < -0.3 is 4.42 Å². The van der Waals surface area contributed by atoms with Gasteiger partial charge in [0.2, 0.25) is 0 Å². The van der Waals surface area contributed by atoms with Crippen molar-refractivity contribution in [1.29, 1.82) is 0 Å². The minimum absolute atomic E-state index is 0.477. The second-order valence-corrected chi connectivity index (χ2v) is 6.68. The van der Waals surface area contributed by atoms with Gasteiger partial charge >= 0.3 is 0 Å². The third kappa shape index (κ3) is 1.57. The molecule has 1 saturated carbocycles. The van der Waals surface area contributed by atoms with Crippen molar-refractivity contribution in [3.8, 4) is 0 Å². The number of furan rings is 1. The third-order valence-corrected chi connectivity index (χ3v) is 5.21. The van der Waals surface area contributed by atoms with Crippen LogP contribution in [-0.2, 0) is 0 Å². The number of benzene rings is 1. The van der Waals surface area contributed by atoms with E-state index in [1.54, 1.807) is 0 Å². The van der Waals surface area contributed by atoms with Crippen molar-refractivity contribution < 1.29 is 8.99 Å². The lowest BCUT2D eigenvalue weighted by atomic mass is 9.95. The molecular weight excluding hydrogens is 272 g/mol. The van der Waals surface area contributed by atoms with Gasteiger partial charge in [0, 0.05) is 29.5 Å². The van der Waals surface area contributed by atoms with Crippen LogP contribution in [-0.4, -0.2) is 29.6 Å². The Hall–Kier alpha value is -2.16. The van der Waals surface area contributed by atoms with Gasteiger partial charge in [-0.2, -0.15) is 0 Å². The number of nitrogens with zero attached hydrogens (tertiary/aromatic N) is 2. The minimum atomic E-state index is 0.477. The molecule has 0 saturated heterocycles. The molecular formula is C19H19N2O+. The van der Waals surface area contributed by atoms with E-state index in [9.17, 15) is 0 Å². The zero-order chi connectivity index (χ0) is 14.8. The van der Waals surface area contributed by atoms with E-state index in [4.69, 9.17) is 4.42 Å². The number of hydrogen-bond donors (Lipinski definition) is 0. The number of hydrogen-bond acceptors (Lipinski definition) is 2. The highest BCUT2D eigenvalue weighted by atomic mass is 16.3. The summed E-state index contributed by atoms with van der Waals surface area (Å²) in [5.41, 5.74) is 6.20. The van der Waals surface area contributed by atoms with Gasteiger partial charge in [0.25, 0.3) is 0 Å². The highest BCUT2D eigenvalue weighted by Crippen LogP contribution is 2.50. The van der Waals surface area contributed by atoms with Crippen molar-refractivity contribution in [3.05, 3.63) is 46.9 Å². The van der Waals surface area contributed by atoms with Crippen LogP contribution in [0.15, 0.2) is 33.8 Å². The summed E-state index contributed by atoms with van der Waals surface area (Å²) in [5, 5.41) is 1.22. The molecule has 2 atom stereocenters. The maximum atomic E-state index is 6.40. The van der Waals surface area contributed by atoms with Gasteiger partial charge in [-0.15, -0.1) is 0 Å². The topological polar surface area (TPSA) is 28.5 Å². The Morgan fingerprint density at radius 1 is 1.32 bits per heavy atom. The molecule has 1 aromatic carbocycles. The summed E-state index contributed by atoms with van der Waals surface area (Å²) in [6.07, 6.45) is 9.74. The van der Waals surface area contributed by atoms with Crippen molar-refractivity contribution in [1.82, 2.24) is 0 Å². The largest absolute Gasteiger partial charge is 0.459 e. The molecule has 2 unspecified atom stereocenters. The summed E-state index contributed by atoms with van der Waals surface area (Å²) in [7, 11) is 2.13. The molecule has 3 aliphatic rings. The average molecular weight is 291 g/mol. The van der Waals surface area contributed by atoms with E-state index in [2.05, 4.69) is 47.9 Å². The first-order chi connectivity index (χ1) is 10.7. The molecule has 3 heterocycles. The summed E-state index contributed by atoms with van der Waals surface area (Å²) in [5.74, 6) is 1.69. The summed E-state index contributed by atoms with van der Waals surface area (Å²) in [4.78, 5) is 4.63. The molecule has 3 nitrogen and oxygen atoms in total. The molecule has 110 valence electrons. The van der Waals surface area contributed by atoms with Gasteiger partial charge in [-0.1, -0.05) is 12.1 Å². The number of rotatable bonds is 1. The van der Waals surface area contributed by atoms with Gasteiger partial charge in [-0.3, -0.25) is 4.99 Å². The number of fused-ring (bicyclic) bond motifs is 5. The lowest BCUT2D eigenvalue weighted by Gasteiger charge is -2.10. The second-order valence-electron chi connectivity index (χ2n) is 6.68. The number of aryl methyl sites for hydroxylation is 1. The van der Waals surface area contributed by atoms with Crippen LogP contribution in [0, 0.1) is 6.92 Å². The van der Waals surface area contributed by atoms with Crippen LogP contribution in [0.3, 0.4) is 0 Å². The second kappa shape index (κ2) is 4.19. The highest BCUT2D eigenvalue weighted by Gasteiger charge is 2.45. The first-order valence-electron chi connectivity index (χ1n) is 8.09. The molecule has 1 aromatic heterocycles.